The predicted octanol–water partition coefficient (Wildman–Crippen LogP) is 2.72. The van der Waals surface area contributed by atoms with Gasteiger partial charge in [0.1, 0.15) is 5.75 Å². The van der Waals surface area contributed by atoms with Gasteiger partial charge in [-0.2, -0.15) is 0 Å². The van der Waals surface area contributed by atoms with Crippen molar-refractivity contribution in [3.63, 3.8) is 0 Å². The van der Waals surface area contributed by atoms with Crippen molar-refractivity contribution in [3.05, 3.63) is 65.2 Å². The molecule has 0 aliphatic rings. The molecule has 0 heterocycles. The van der Waals surface area contributed by atoms with Crippen molar-refractivity contribution in [2.24, 2.45) is 4.99 Å². The Bertz CT molecular complexity index is 765. The van der Waals surface area contributed by atoms with Crippen molar-refractivity contribution in [1.82, 2.24) is 16.0 Å². The summed E-state index contributed by atoms with van der Waals surface area (Å²) in [6.07, 6.45) is 0. The molecule has 6 nitrogen and oxygen atoms in total. The number of hydrogen-bond acceptors (Lipinski definition) is 3. The predicted molar refractivity (Wildman–Crippen MR) is 120 cm³/mol. The Morgan fingerprint density at radius 2 is 1.78 bits per heavy atom. The molecule has 2 aromatic carbocycles. The number of halogens is 1. The van der Waals surface area contributed by atoms with Gasteiger partial charge < -0.3 is 20.7 Å². The van der Waals surface area contributed by atoms with Crippen LogP contribution in [0.2, 0.25) is 0 Å². The lowest BCUT2D eigenvalue weighted by Gasteiger charge is -2.13. The van der Waals surface area contributed by atoms with Gasteiger partial charge in [-0.25, -0.2) is 0 Å². The Balaban J connectivity index is 0.00000364. The van der Waals surface area contributed by atoms with Gasteiger partial charge in [0.05, 0.1) is 7.11 Å². The number of rotatable bonds is 7. The van der Waals surface area contributed by atoms with Crippen LogP contribution >= 0.6 is 24.0 Å². The minimum absolute atomic E-state index is 0. The lowest BCUT2D eigenvalue weighted by Crippen LogP contribution is -2.41. The Kier molecular flexibility index (Phi) is 10.2. The summed E-state index contributed by atoms with van der Waals surface area (Å²) >= 11 is 0. The highest BCUT2D eigenvalue weighted by molar-refractivity contribution is 14.0. The van der Waals surface area contributed by atoms with Gasteiger partial charge in [0.2, 0.25) is 0 Å². The third-order valence-corrected chi connectivity index (χ3v) is 3.97. The van der Waals surface area contributed by atoms with Crippen LogP contribution in [0, 0.1) is 6.92 Å². The summed E-state index contributed by atoms with van der Waals surface area (Å²) in [4.78, 5) is 16.3. The minimum atomic E-state index is -0.131. The number of amides is 1. The van der Waals surface area contributed by atoms with E-state index in [9.17, 15) is 4.79 Å². The maximum absolute atomic E-state index is 12.1. The van der Waals surface area contributed by atoms with Crippen LogP contribution in [0.4, 0.5) is 0 Å². The molecule has 0 aromatic heterocycles. The lowest BCUT2D eigenvalue weighted by molar-refractivity contribution is 0.0954. The van der Waals surface area contributed by atoms with Gasteiger partial charge in [-0.15, -0.1) is 24.0 Å². The third kappa shape index (κ3) is 7.46. The van der Waals surface area contributed by atoms with Crippen molar-refractivity contribution in [3.8, 4) is 5.75 Å². The van der Waals surface area contributed by atoms with Crippen molar-refractivity contribution < 1.29 is 9.53 Å². The quantitative estimate of drug-likeness (QED) is 0.246. The summed E-state index contributed by atoms with van der Waals surface area (Å²) in [7, 11) is 3.30. The molecule has 0 saturated heterocycles. The van der Waals surface area contributed by atoms with Crippen LogP contribution < -0.4 is 20.7 Å². The van der Waals surface area contributed by atoms with E-state index in [1.165, 1.54) is 11.1 Å². The zero-order valence-electron chi connectivity index (χ0n) is 15.9. The van der Waals surface area contributed by atoms with E-state index in [1.54, 1.807) is 32.4 Å². The number of nitrogens with one attached hydrogen (secondary N) is 3. The number of ether oxygens (including phenoxy) is 1. The first kappa shape index (κ1) is 22.8. The maximum atomic E-state index is 12.1. The fourth-order valence-electron chi connectivity index (χ4n) is 2.43. The molecule has 146 valence electrons. The van der Waals surface area contributed by atoms with Crippen LogP contribution in [0.5, 0.6) is 5.75 Å². The van der Waals surface area contributed by atoms with E-state index in [4.69, 9.17) is 4.74 Å². The number of carbonyl (C=O) groups is 1. The maximum Gasteiger partial charge on any atom is 0.251 e. The van der Waals surface area contributed by atoms with Crippen LogP contribution in [0.3, 0.4) is 0 Å². The van der Waals surface area contributed by atoms with Crippen molar-refractivity contribution in [1.29, 1.82) is 0 Å². The summed E-state index contributed by atoms with van der Waals surface area (Å²) in [5.74, 6) is 1.23. The first-order chi connectivity index (χ1) is 12.6. The average Bonchev–Trinajstić information content (AvgIpc) is 2.68. The second-order valence-electron chi connectivity index (χ2n) is 5.77. The fraction of sp³-hybridized carbons (Fsp3) is 0.300. The zero-order valence-corrected chi connectivity index (χ0v) is 18.2. The topological polar surface area (TPSA) is 74.8 Å². The molecule has 0 fully saturated rings. The summed E-state index contributed by atoms with van der Waals surface area (Å²) in [5, 5.41) is 9.33. The monoisotopic (exact) mass is 482 g/mol. The summed E-state index contributed by atoms with van der Waals surface area (Å²) < 4.78 is 5.13. The van der Waals surface area contributed by atoms with Crippen molar-refractivity contribution in [2.45, 2.75) is 13.5 Å². The van der Waals surface area contributed by atoms with Crippen molar-refractivity contribution >= 4 is 35.8 Å². The van der Waals surface area contributed by atoms with E-state index in [1.807, 2.05) is 18.2 Å². The number of aryl methyl sites for hydroxylation is 1. The molecule has 1 amide bonds. The van der Waals surface area contributed by atoms with E-state index in [2.05, 4.69) is 40.0 Å². The molecule has 0 radical (unpaired) electrons. The second-order valence-corrected chi connectivity index (χ2v) is 5.77. The van der Waals surface area contributed by atoms with Gasteiger partial charge in [0.15, 0.2) is 5.96 Å². The minimum Gasteiger partial charge on any atom is -0.497 e. The van der Waals surface area contributed by atoms with Crippen molar-refractivity contribution in [2.75, 3.05) is 27.2 Å². The molecule has 0 bridgehead atoms. The van der Waals surface area contributed by atoms with Crippen LogP contribution in [0.25, 0.3) is 0 Å². The number of carbonyl (C=O) groups excluding carboxylic acids is 1. The highest BCUT2D eigenvalue weighted by Crippen LogP contribution is 2.12. The number of aliphatic imine (C=N–C) groups is 1. The fourth-order valence-corrected chi connectivity index (χ4v) is 2.43. The second kappa shape index (κ2) is 12.2. The van der Waals surface area contributed by atoms with E-state index in [0.29, 0.717) is 36.9 Å². The number of benzene rings is 2. The molecule has 0 aliphatic carbocycles. The van der Waals surface area contributed by atoms with Crippen LogP contribution in [0.15, 0.2) is 53.5 Å². The molecule has 0 unspecified atom stereocenters. The van der Waals surface area contributed by atoms with Gasteiger partial charge in [-0.05, 0) is 36.2 Å². The van der Waals surface area contributed by atoms with Gasteiger partial charge in [0.25, 0.3) is 5.91 Å². The molecule has 0 saturated carbocycles. The standard InChI is InChI=1S/C20H26N4O2.HI/c1-15-7-4-5-8-17(15)14-24-20(21-2)23-12-11-22-19(25)16-9-6-10-18(13-16)26-3;/h4-10,13H,11-12,14H2,1-3H3,(H,22,25)(H2,21,23,24);1H. The van der Waals surface area contributed by atoms with Gasteiger partial charge in [0, 0.05) is 32.2 Å². The zero-order chi connectivity index (χ0) is 18.8. The molecule has 0 aliphatic heterocycles. The smallest absolute Gasteiger partial charge is 0.251 e. The van der Waals surface area contributed by atoms with Gasteiger partial charge >= 0.3 is 0 Å². The lowest BCUT2D eigenvalue weighted by atomic mass is 10.1. The van der Waals surface area contributed by atoms with E-state index in [0.717, 1.165) is 0 Å². The first-order valence-corrected chi connectivity index (χ1v) is 8.55. The van der Waals surface area contributed by atoms with Gasteiger partial charge in [-0.1, -0.05) is 30.3 Å². The summed E-state index contributed by atoms with van der Waals surface area (Å²) in [6.45, 7) is 3.84. The molecular formula is C20H27IN4O2. The normalized spacial score (nSPS) is 10.6. The first-order valence-electron chi connectivity index (χ1n) is 8.55. The number of guanidine groups is 1. The molecule has 27 heavy (non-hydrogen) atoms. The molecule has 7 heteroatoms. The largest absolute Gasteiger partial charge is 0.497 e. The Labute approximate surface area is 177 Å². The van der Waals surface area contributed by atoms with Gasteiger partial charge in [-0.3, -0.25) is 9.79 Å². The molecule has 2 rings (SSSR count). The summed E-state index contributed by atoms with van der Waals surface area (Å²) in [6, 6.07) is 15.3. The summed E-state index contributed by atoms with van der Waals surface area (Å²) in [5.41, 5.74) is 3.04. The third-order valence-electron chi connectivity index (χ3n) is 3.97. The number of nitrogens with zero attached hydrogens (tertiary/aromatic N) is 1. The Morgan fingerprint density at radius 3 is 2.48 bits per heavy atom. The van der Waals surface area contributed by atoms with E-state index >= 15 is 0 Å². The number of methoxy groups -OCH3 is 1. The van der Waals surface area contributed by atoms with E-state index < -0.39 is 0 Å². The average molecular weight is 482 g/mol. The molecule has 0 atom stereocenters. The van der Waals surface area contributed by atoms with Crippen LogP contribution in [-0.4, -0.2) is 39.1 Å². The molecule has 3 N–H and O–H groups in total. The SMILES string of the molecule is CN=C(NCCNC(=O)c1cccc(OC)c1)NCc1ccccc1C.I. The van der Waals surface area contributed by atoms with E-state index in [-0.39, 0.29) is 29.9 Å². The highest BCUT2D eigenvalue weighted by Gasteiger charge is 2.06. The number of hydrogen-bond donors (Lipinski definition) is 3. The Morgan fingerprint density at radius 1 is 1.04 bits per heavy atom. The molecular weight excluding hydrogens is 455 g/mol. The molecule has 0 spiro atoms. The molecule has 2 aromatic rings. The van der Waals surface area contributed by atoms with Crippen LogP contribution in [-0.2, 0) is 6.54 Å². The highest BCUT2D eigenvalue weighted by atomic mass is 127. The van der Waals surface area contributed by atoms with Crippen LogP contribution in [0.1, 0.15) is 21.5 Å². The Hall–Kier alpha value is -2.29.